The van der Waals surface area contributed by atoms with E-state index in [2.05, 4.69) is 194 Å². The van der Waals surface area contributed by atoms with Gasteiger partial charge in [-0.3, -0.25) is 9.59 Å². The molecule has 4 aliphatic rings. The van der Waals surface area contributed by atoms with Crippen LogP contribution in [0.25, 0.3) is 88.6 Å². The van der Waals surface area contributed by atoms with E-state index in [1.807, 2.05) is 28.8 Å². The second-order valence-corrected chi connectivity index (χ2v) is 19.0. The Labute approximate surface area is 390 Å². The van der Waals surface area contributed by atoms with Gasteiger partial charge in [-0.25, -0.2) is 4.52 Å². The fourth-order valence-electron chi connectivity index (χ4n) is 13.5. The van der Waals surface area contributed by atoms with Crippen molar-refractivity contribution in [2.24, 2.45) is 0 Å². The summed E-state index contributed by atoms with van der Waals surface area (Å²) in [6.45, 7) is 0. The van der Waals surface area contributed by atoms with E-state index in [4.69, 9.17) is 0 Å². The molecule has 4 nitrogen and oxygen atoms in total. The highest BCUT2D eigenvalue weighted by atomic mass is 16.2. The van der Waals surface area contributed by atoms with E-state index in [9.17, 15) is 9.59 Å². The van der Waals surface area contributed by atoms with Crippen molar-refractivity contribution in [3.63, 3.8) is 0 Å². The van der Waals surface area contributed by atoms with Crippen molar-refractivity contribution in [2.75, 3.05) is 0 Å². The summed E-state index contributed by atoms with van der Waals surface area (Å²) in [6.07, 6.45) is 0. The van der Waals surface area contributed by atoms with Crippen LogP contribution in [0.15, 0.2) is 228 Å². The number of rotatable bonds is 2. The molecule has 0 saturated heterocycles. The maximum atomic E-state index is 14.6. The average molecular weight is 865 g/mol. The number of nitrogens with zero attached hydrogens (tertiary/aromatic N) is 2. The van der Waals surface area contributed by atoms with Crippen LogP contribution in [0.5, 0.6) is 0 Å². The summed E-state index contributed by atoms with van der Waals surface area (Å²) in [4.78, 5) is 29.1. The highest BCUT2D eigenvalue weighted by Crippen LogP contribution is 2.64. The normalized spacial score (nSPS) is 14.5. The van der Waals surface area contributed by atoms with Gasteiger partial charge < -0.3 is 0 Å². The van der Waals surface area contributed by atoms with Gasteiger partial charge in [-0.2, -0.15) is 4.52 Å². The van der Waals surface area contributed by atoms with Gasteiger partial charge in [0.2, 0.25) is 0 Å². The van der Waals surface area contributed by atoms with Gasteiger partial charge in [0.1, 0.15) is 0 Å². The fourth-order valence-corrected chi connectivity index (χ4v) is 13.5. The molecule has 4 heteroatoms. The fraction of sp³-hybridized carbons (Fsp3) is 0.0312. The van der Waals surface area contributed by atoms with Crippen LogP contribution in [0, 0.1) is 0 Å². The quantitative estimate of drug-likeness (QED) is 0.174. The van der Waals surface area contributed by atoms with Crippen LogP contribution < -0.4 is 11.1 Å². The van der Waals surface area contributed by atoms with E-state index >= 15 is 0 Å². The molecule has 16 rings (SSSR count). The predicted molar refractivity (Wildman–Crippen MR) is 273 cm³/mol. The molecule has 2 aromatic heterocycles. The largest absolute Gasteiger partial charge is 0.282 e. The Morgan fingerprint density at radius 3 is 0.838 bits per heavy atom. The monoisotopic (exact) mass is 864 g/mol. The van der Waals surface area contributed by atoms with Gasteiger partial charge in [-0.05, 0) is 148 Å². The molecule has 0 atom stereocenters. The van der Waals surface area contributed by atoms with E-state index in [-0.39, 0.29) is 11.1 Å². The Balaban J connectivity index is 0.835. The third-order valence-electron chi connectivity index (χ3n) is 16.2. The molecule has 12 aromatic rings. The Bertz CT molecular complexity index is 3990. The lowest BCUT2D eigenvalue weighted by molar-refractivity contribution is 0.794. The average Bonchev–Trinajstić information content (AvgIpc) is 4.20. The van der Waals surface area contributed by atoms with Gasteiger partial charge in [0, 0.05) is 0 Å². The van der Waals surface area contributed by atoms with E-state index in [0.29, 0.717) is 21.8 Å². The first kappa shape index (κ1) is 36.4. The Kier molecular flexibility index (Phi) is 6.70. The number of hydrogen-bond donors (Lipinski definition) is 0. The van der Waals surface area contributed by atoms with Crippen LogP contribution >= 0.6 is 0 Å². The zero-order valence-electron chi connectivity index (χ0n) is 36.5. The summed E-state index contributed by atoms with van der Waals surface area (Å²) in [5, 5.41) is 1.03. The van der Waals surface area contributed by atoms with Crippen molar-refractivity contribution in [1.29, 1.82) is 0 Å². The Hall–Kier alpha value is -8.86. The van der Waals surface area contributed by atoms with Crippen LogP contribution in [0.3, 0.4) is 0 Å². The predicted octanol–water partition coefficient (Wildman–Crippen LogP) is 13.5. The summed E-state index contributed by atoms with van der Waals surface area (Å²) in [5.74, 6) is 0. The molecule has 0 bridgehead atoms. The standard InChI is InChI=1S/C64H36N2O2/c67-61-49-33-37(39-25-29-47-45-17-5-11-23-55(45)63(57(47)35-39)51-19-7-1-13-41(51)42-14-2-8-20-52(42)63)27-31-59(49)65-60-32-28-38(34-50(60)62(68)66(61)65)40-26-30-48-46-18-6-12-24-56(46)64(58(48)36-40)53-21-9-3-15-43(53)44-16-4-10-22-54(44)64/h1-36H. The van der Waals surface area contributed by atoms with Gasteiger partial charge in [-0.1, -0.05) is 182 Å². The molecule has 314 valence electrons. The highest BCUT2D eigenvalue weighted by molar-refractivity contribution is 5.99. The number of aromatic nitrogens is 2. The van der Waals surface area contributed by atoms with Crippen LogP contribution in [-0.4, -0.2) is 9.03 Å². The molecule has 2 spiro atoms. The summed E-state index contributed by atoms with van der Waals surface area (Å²) in [5.41, 5.74) is 24.0. The minimum atomic E-state index is -0.468. The molecular formula is C64H36N2O2. The molecule has 0 unspecified atom stereocenters. The maximum Gasteiger partial charge on any atom is 0.282 e. The molecule has 2 heterocycles. The zero-order valence-corrected chi connectivity index (χ0v) is 36.5. The molecule has 0 amide bonds. The minimum absolute atomic E-state index is 0.316. The lowest BCUT2D eigenvalue weighted by Gasteiger charge is -2.30. The van der Waals surface area contributed by atoms with Crippen molar-refractivity contribution in [3.05, 3.63) is 284 Å². The molecule has 68 heavy (non-hydrogen) atoms. The topological polar surface area (TPSA) is 43.0 Å². The smallest absolute Gasteiger partial charge is 0.267 e. The van der Waals surface area contributed by atoms with Crippen LogP contribution in [0.4, 0.5) is 0 Å². The van der Waals surface area contributed by atoms with E-state index in [1.165, 1.54) is 93.5 Å². The first-order valence-corrected chi connectivity index (χ1v) is 23.4. The molecule has 0 N–H and O–H groups in total. The van der Waals surface area contributed by atoms with Crippen molar-refractivity contribution in [2.45, 2.75) is 10.8 Å². The number of benzene rings is 10. The minimum Gasteiger partial charge on any atom is -0.267 e. The summed E-state index contributed by atoms with van der Waals surface area (Å²) < 4.78 is 3.13. The SMILES string of the molecule is O=c1c2cc(-c3ccc4c(c3)C3(c5ccccc5-c5ccccc53)c3ccccc3-4)ccc2n2c3ccc(-c4ccc5c(c4)C4(c6ccccc6-c6ccccc64)c4ccccc4-5)cc3c(=O)n12. The second kappa shape index (κ2) is 12.5. The lowest BCUT2D eigenvalue weighted by atomic mass is 9.70. The van der Waals surface area contributed by atoms with E-state index in [0.717, 1.165) is 22.3 Å². The second-order valence-electron chi connectivity index (χ2n) is 19.0. The maximum absolute atomic E-state index is 14.6. The van der Waals surface area contributed by atoms with Crippen molar-refractivity contribution >= 4 is 21.8 Å². The molecule has 0 radical (unpaired) electrons. The zero-order chi connectivity index (χ0) is 44.6. The Morgan fingerprint density at radius 2 is 0.515 bits per heavy atom. The van der Waals surface area contributed by atoms with Crippen LogP contribution in [0.1, 0.15) is 44.5 Å². The third-order valence-corrected chi connectivity index (χ3v) is 16.2. The first-order valence-electron chi connectivity index (χ1n) is 23.4. The van der Waals surface area contributed by atoms with E-state index in [1.54, 1.807) is 0 Å². The van der Waals surface area contributed by atoms with Gasteiger partial charge >= 0.3 is 0 Å². The highest BCUT2D eigenvalue weighted by Gasteiger charge is 2.53. The van der Waals surface area contributed by atoms with Crippen molar-refractivity contribution in [3.8, 4) is 66.8 Å². The van der Waals surface area contributed by atoms with Crippen molar-refractivity contribution < 1.29 is 0 Å². The first-order chi connectivity index (χ1) is 33.6. The van der Waals surface area contributed by atoms with Gasteiger partial charge in [0.25, 0.3) is 11.1 Å². The third kappa shape index (κ3) is 4.12. The molecule has 0 saturated carbocycles. The number of fused-ring (bicyclic) bond motifs is 25. The molecule has 10 aromatic carbocycles. The van der Waals surface area contributed by atoms with Gasteiger partial charge in [0.15, 0.2) is 0 Å². The van der Waals surface area contributed by atoms with E-state index < -0.39 is 10.8 Å². The van der Waals surface area contributed by atoms with Crippen molar-refractivity contribution in [1.82, 2.24) is 9.03 Å². The number of hydrogen-bond acceptors (Lipinski definition) is 2. The van der Waals surface area contributed by atoms with Gasteiger partial charge in [-0.15, -0.1) is 0 Å². The lowest BCUT2D eigenvalue weighted by Crippen LogP contribution is -2.25. The molecule has 0 fully saturated rings. The van der Waals surface area contributed by atoms with Crippen LogP contribution in [0.2, 0.25) is 0 Å². The molecular weight excluding hydrogens is 829 g/mol. The van der Waals surface area contributed by atoms with Crippen LogP contribution in [-0.2, 0) is 10.8 Å². The summed E-state index contributed by atoms with van der Waals surface area (Å²) in [6, 6.07) is 78.6. The van der Waals surface area contributed by atoms with Gasteiger partial charge in [0.05, 0.1) is 32.6 Å². The summed E-state index contributed by atoms with van der Waals surface area (Å²) in [7, 11) is 0. The molecule has 4 aliphatic carbocycles. The summed E-state index contributed by atoms with van der Waals surface area (Å²) >= 11 is 0. The molecule has 0 aliphatic heterocycles. The Morgan fingerprint density at radius 1 is 0.250 bits per heavy atom.